The predicted octanol–water partition coefficient (Wildman–Crippen LogP) is 3.79. The van der Waals surface area contributed by atoms with Gasteiger partial charge >= 0.3 is 0 Å². The van der Waals surface area contributed by atoms with Crippen molar-refractivity contribution in [3.05, 3.63) is 68.7 Å². The molecule has 0 spiro atoms. The van der Waals surface area contributed by atoms with Gasteiger partial charge in [-0.3, -0.25) is 4.79 Å². The fourth-order valence-electron chi connectivity index (χ4n) is 3.61. The topological polar surface area (TPSA) is 84.2 Å². The Kier molecular flexibility index (Phi) is 6.35. The van der Waals surface area contributed by atoms with Crippen LogP contribution in [0.15, 0.2) is 47.3 Å². The summed E-state index contributed by atoms with van der Waals surface area (Å²) in [5, 5.41) is 4.41. The summed E-state index contributed by atoms with van der Waals surface area (Å²) in [4.78, 5) is 18.0. The second-order valence-electron chi connectivity index (χ2n) is 7.79. The molecule has 1 unspecified atom stereocenters. The molecule has 0 fully saturated rings. The molecule has 4 aromatic rings. The highest BCUT2D eigenvalue weighted by Gasteiger charge is 2.27. The van der Waals surface area contributed by atoms with Gasteiger partial charge in [0.25, 0.3) is 5.56 Å². The number of hydrogen-bond acceptors (Lipinski definition) is 8. The average molecular weight is 480 g/mol. The highest BCUT2D eigenvalue weighted by atomic mass is 32.1. The van der Waals surface area contributed by atoms with Gasteiger partial charge in [-0.25, -0.2) is 0 Å². The first-order valence-corrected chi connectivity index (χ1v) is 12.2. The van der Waals surface area contributed by atoms with E-state index in [1.54, 1.807) is 0 Å². The number of aromatic nitrogens is 3. The van der Waals surface area contributed by atoms with Crippen LogP contribution in [0.2, 0.25) is 0 Å². The Morgan fingerprint density at radius 3 is 2.79 bits per heavy atom. The third kappa shape index (κ3) is 4.43. The molecule has 1 aliphatic heterocycles. The summed E-state index contributed by atoms with van der Waals surface area (Å²) in [6.07, 6.45) is 3.39. The number of rotatable bonds is 8. The van der Waals surface area contributed by atoms with Crippen LogP contribution in [0.5, 0.6) is 23.0 Å². The maximum Gasteiger partial charge on any atom is 0.291 e. The average Bonchev–Trinajstić information content (AvgIpc) is 3.39. The molecule has 34 heavy (non-hydrogen) atoms. The minimum atomic E-state index is -0.470. The summed E-state index contributed by atoms with van der Waals surface area (Å²) in [5.74, 6) is 3.13. The van der Waals surface area contributed by atoms with Gasteiger partial charge in [0.05, 0.1) is 17.7 Å². The number of unbranched alkanes of at least 4 members (excludes halogenated alkanes) is 1. The van der Waals surface area contributed by atoms with Gasteiger partial charge in [-0.15, -0.1) is 5.10 Å². The summed E-state index contributed by atoms with van der Waals surface area (Å²) < 4.78 is 25.2. The van der Waals surface area contributed by atoms with Crippen molar-refractivity contribution in [1.29, 1.82) is 0 Å². The molecule has 0 radical (unpaired) electrons. The van der Waals surface area contributed by atoms with Gasteiger partial charge in [0.1, 0.15) is 6.61 Å². The van der Waals surface area contributed by atoms with Crippen molar-refractivity contribution in [2.24, 2.45) is 0 Å². The van der Waals surface area contributed by atoms with E-state index in [0.29, 0.717) is 51.5 Å². The van der Waals surface area contributed by atoms with Crippen LogP contribution in [0.25, 0.3) is 11.0 Å². The summed E-state index contributed by atoms with van der Waals surface area (Å²) in [6.45, 7) is 5.50. The highest BCUT2D eigenvalue weighted by molar-refractivity contribution is 7.15. The molecule has 2 aromatic carbocycles. The quantitative estimate of drug-likeness (QED) is 0.356. The monoisotopic (exact) mass is 479 g/mol. The van der Waals surface area contributed by atoms with Gasteiger partial charge in [0, 0.05) is 0 Å². The van der Waals surface area contributed by atoms with Crippen LogP contribution in [0.1, 0.15) is 44.2 Å². The molecule has 0 saturated carbocycles. The number of para-hydroxylation sites is 2. The maximum atomic E-state index is 13.0. The maximum absolute atomic E-state index is 13.0. The lowest BCUT2D eigenvalue weighted by Gasteiger charge is -2.24. The van der Waals surface area contributed by atoms with Crippen LogP contribution in [0, 0.1) is 0 Å². The summed E-state index contributed by atoms with van der Waals surface area (Å²) in [5.41, 5.74) is 0.617. The minimum absolute atomic E-state index is 0.225. The van der Waals surface area contributed by atoms with Gasteiger partial charge in [0.15, 0.2) is 34.9 Å². The lowest BCUT2D eigenvalue weighted by Crippen LogP contribution is -2.26. The third-order valence-electron chi connectivity index (χ3n) is 5.32. The van der Waals surface area contributed by atoms with Crippen molar-refractivity contribution < 1.29 is 18.9 Å². The highest BCUT2D eigenvalue weighted by Crippen LogP contribution is 2.35. The Bertz CT molecular complexity index is 1410. The predicted molar refractivity (Wildman–Crippen MR) is 129 cm³/mol. The summed E-state index contributed by atoms with van der Waals surface area (Å²) >= 11 is 1.28. The number of nitrogens with zero attached hydrogens (tertiary/aromatic N) is 3. The molecular formula is C25H25N3O5S. The molecule has 1 atom stereocenters. The van der Waals surface area contributed by atoms with Gasteiger partial charge in [-0.1, -0.05) is 42.9 Å². The van der Waals surface area contributed by atoms with Crippen LogP contribution in [-0.4, -0.2) is 34.4 Å². The molecule has 2 aromatic heterocycles. The molecule has 9 heteroatoms. The van der Waals surface area contributed by atoms with E-state index in [4.69, 9.17) is 18.9 Å². The molecule has 0 bridgehead atoms. The number of hydrogen-bond donors (Lipinski definition) is 0. The minimum Gasteiger partial charge on any atom is -0.490 e. The van der Waals surface area contributed by atoms with Crippen LogP contribution in [0.3, 0.4) is 0 Å². The van der Waals surface area contributed by atoms with E-state index >= 15 is 0 Å². The van der Waals surface area contributed by atoms with Crippen molar-refractivity contribution in [3.63, 3.8) is 0 Å². The first kappa shape index (κ1) is 22.2. The van der Waals surface area contributed by atoms with Crippen LogP contribution < -0.4 is 29.0 Å². The van der Waals surface area contributed by atoms with Crippen molar-refractivity contribution in [1.82, 2.24) is 14.6 Å². The van der Waals surface area contributed by atoms with E-state index in [9.17, 15) is 4.79 Å². The molecular weight excluding hydrogens is 454 g/mol. The number of benzene rings is 2. The lowest BCUT2D eigenvalue weighted by molar-refractivity contribution is 0.0852. The van der Waals surface area contributed by atoms with Gasteiger partial charge in [0.2, 0.25) is 4.96 Å². The number of ether oxygens (including phenoxy) is 4. The Labute approximate surface area is 200 Å². The van der Waals surface area contributed by atoms with E-state index in [0.717, 1.165) is 18.4 Å². The molecule has 0 amide bonds. The SMILES string of the molecule is CCCCOc1ccc(/C=c2/sc3nc(C4COc5ccccc5O4)nn3c2=O)cc1OCC. The van der Waals surface area contributed by atoms with E-state index in [1.807, 2.05) is 55.5 Å². The summed E-state index contributed by atoms with van der Waals surface area (Å²) in [6, 6.07) is 13.1. The second-order valence-corrected chi connectivity index (χ2v) is 8.79. The third-order valence-corrected chi connectivity index (χ3v) is 6.27. The smallest absolute Gasteiger partial charge is 0.291 e. The standard InChI is InChI=1S/C25H25N3O5S/c1-3-5-12-31-18-11-10-16(13-20(18)30-4-2)14-22-24(29)28-25(34-22)26-23(27-28)21-15-32-17-8-6-7-9-19(17)33-21/h6-11,13-14,21H,3-5,12,15H2,1-2H3/b22-14+. The van der Waals surface area contributed by atoms with E-state index in [-0.39, 0.29) is 12.2 Å². The van der Waals surface area contributed by atoms with Gasteiger partial charge in [-0.05, 0) is 49.2 Å². The van der Waals surface area contributed by atoms with Crippen molar-refractivity contribution in [2.45, 2.75) is 32.8 Å². The first-order valence-electron chi connectivity index (χ1n) is 11.4. The van der Waals surface area contributed by atoms with Crippen molar-refractivity contribution in [3.8, 4) is 23.0 Å². The Hall–Kier alpha value is -3.59. The van der Waals surface area contributed by atoms with Crippen molar-refractivity contribution >= 4 is 22.4 Å². The Balaban J connectivity index is 1.41. The molecule has 176 valence electrons. The van der Waals surface area contributed by atoms with E-state index in [2.05, 4.69) is 17.0 Å². The van der Waals surface area contributed by atoms with E-state index < -0.39 is 6.10 Å². The first-order chi connectivity index (χ1) is 16.7. The lowest BCUT2D eigenvalue weighted by atomic mass is 10.2. The molecule has 1 aliphatic rings. The number of fused-ring (bicyclic) bond motifs is 2. The molecule has 0 aliphatic carbocycles. The zero-order chi connectivity index (χ0) is 23.5. The van der Waals surface area contributed by atoms with Gasteiger partial charge in [-0.2, -0.15) is 9.50 Å². The second kappa shape index (κ2) is 9.72. The van der Waals surface area contributed by atoms with Gasteiger partial charge < -0.3 is 18.9 Å². The molecule has 8 nitrogen and oxygen atoms in total. The zero-order valence-corrected chi connectivity index (χ0v) is 19.8. The molecule has 0 N–H and O–H groups in total. The van der Waals surface area contributed by atoms with E-state index in [1.165, 1.54) is 15.9 Å². The van der Waals surface area contributed by atoms with Crippen LogP contribution in [0.4, 0.5) is 0 Å². The van der Waals surface area contributed by atoms with Crippen molar-refractivity contribution in [2.75, 3.05) is 19.8 Å². The Morgan fingerprint density at radius 2 is 2.00 bits per heavy atom. The largest absolute Gasteiger partial charge is 0.490 e. The number of thiazole rings is 1. The zero-order valence-electron chi connectivity index (χ0n) is 19.0. The summed E-state index contributed by atoms with van der Waals surface area (Å²) in [7, 11) is 0. The normalized spacial score (nSPS) is 15.6. The molecule has 0 saturated heterocycles. The fraction of sp³-hybridized carbons (Fsp3) is 0.320. The fourth-order valence-corrected chi connectivity index (χ4v) is 4.53. The molecule has 5 rings (SSSR count). The van der Waals surface area contributed by atoms with Crippen LogP contribution >= 0.6 is 11.3 Å². The van der Waals surface area contributed by atoms with Crippen LogP contribution in [-0.2, 0) is 0 Å². The molecule has 3 heterocycles. The Morgan fingerprint density at radius 1 is 1.15 bits per heavy atom.